The van der Waals surface area contributed by atoms with E-state index in [9.17, 15) is 4.79 Å². The van der Waals surface area contributed by atoms with Crippen LogP contribution in [0.25, 0.3) is 0 Å². The van der Waals surface area contributed by atoms with Gasteiger partial charge >= 0.3 is 0 Å². The predicted molar refractivity (Wildman–Crippen MR) is 84.7 cm³/mol. The van der Waals surface area contributed by atoms with Gasteiger partial charge in [0.2, 0.25) is 5.91 Å². The Kier molecular flexibility index (Phi) is 5.45. The van der Waals surface area contributed by atoms with E-state index < -0.39 is 0 Å². The lowest BCUT2D eigenvalue weighted by atomic mass is 10.1. The fourth-order valence-electron chi connectivity index (χ4n) is 2.95. The highest BCUT2D eigenvalue weighted by Crippen LogP contribution is 2.27. The second-order valence-electron chi connectivity index (χ2n) is 5.41. The minimum Gasteiger partial charge on any atom is -0.384 e. The maximum Gasteiger partial charge on any atom is 0.237 e. The standard InChI is InChI=1S/C15H21N3O2.ClH/c1-20-8-7-18-11-17(10-14(18)19)9-13-4-2-3-12-5-6-16-15(12)13;/h2-4,16H,5-11H2,1H3;1H. The third-order valence-electron chi connectivity index (χ3n) is 3.97. The van der Waals surface area contributed by atoms with E-state index in [1.807, 2.05) is 4.90 Å². The van der Waals surface area contributed by atoms with Crippen LogP contribution in [0.1, 0.15) is 11.1 Å². The number of fused-ring (bicyclic) bond motifs is 1. The fourth-order valence-corrected chi connectivity index (χ4v) is 2.95. The largest absolute Gasteiger partial charge is 0.384 e. The molecular weight excluding hydrogens is 290 g/mol. The third-order valence-corrected chi connectivity index (χ3v) is 3.97. The molecule has 2 heterocycles. The van der Waals surface area contributed by atoms with E-state index in [2.05, 4.69) is 28.4 Å². The molecule has 0 radical (unpaired) electrons. The summed E-state index contributed by atoms with van der Waals surface area (Å²) in [7, 11) is 1.66. The van der Waals surface area contributed by atoms with Crippen LogP contribution in [0.2, 0.25) is 0 Å². The number of methoxy groups -OCH3 is 1. The molecule has 3 rings (SSSR count). The quantitative estimate of drug-likeness (QED) is 0.891. The molecule has 2 aliphatic heterocycles. The highest BCUT2D eigenvalue weighted by Gasteiger charge is 2.27. The summed E-state index contributed by atoms with van der Waals surface area (Å²) in [5.74, 6) is 0.197. The van der Waals surface area contributed by atoms with Gasteiger partial charge in [0.1, 0.15) is 0 Å². The number of nitrogens with zero attached hydrogens (tertiary/aromatic N) is 2. The number of halogens is 1. The zero-order valence-corrected chi connectivity index (χ0v) is 13.1. The average Bonchev–Trinajstić information content (AvgIpc) is 3.04. The van der Waals surface area contributed by atoms with Crippen molar-refractivity contribution in [1.29, 1.82) is 0 Å². The molecule has 2 aliphatic rings. The Balaban J connectivity index is 0.00000161. The molecule has 0 saturated carbocycles. The Morgan fingerprint density at radius 3 is 3.05 bits per heavy atom. The number of hydrogen-bond acceptors (Lipinski definition) is 4. The first kappa shape index (κ1) is 16.1. The van der Waals surface area contributed by atoms with Gasteiger partial charge in [-0.1, -0.05) is 18.2 Å². The van der Waals surface area contributed by atoms with Crippen molar-refractivity contribution in [2.45, 2.75) is 13.0 Å². The number of hydrogen-bond donors (Lipinski definition) is 1. The lowest BCUT2D eigenvalue weighted by molar-refractivity contribution is -0.127. The molecular formula is C15H22ClN3O2. The van der Waals surface area contributed by atoms with Crippen LogP contribution in [0.4, 0.5) is 5.69 Å². The maximum atomic E-state index is 11.9. The van der Waals surface area contributed by atoms with Gasteiger partial charge < -0.3 is 15.0 Å². The van der Waals surface area contributed by atoms with Crippen LogP contribution in [0.3, 0.4) is 0 Å². The number of nitrogens with one attached hydrogen (secondary N) is 1. The van der Waals surface area contributed by atoms with Gasteiger partial charge in [-0.2, -0.15) is 0 Å². The lowest BCUT2D eigenvalue weighted by Gasteiger charge is -2.19. The Hall–Kier alpha value is -1.30. The number of rotatable bonds is 5. The zero-order valence-electron chi connectivity index (χ0n) is 12.3. The summed E-state index contributed by atoms with van der Waals surface area (Å²) in [6.07, 6.45) is 1.10. The Morgan fingerprint density at radius 1 is 1.38 bits per heavy atom. The van der Waals surface area contributed by atoms with E-state index in [1.165, 1.54) is 16.8 Å². The molecule has 116 valence electrons. The Labute approximate surface area is 131 Å². The highest BCUT2D eigenvalue weighted by atomic mass is 35.5. The van der Waals surface area contributed by atoms with Crippen molar-refractivity contribution in [3.05, 3.63) is 29.3 Å². The molecule has 1 N–H and O–H groups in total. The molecule has 1 aromatic rings. The molecule has 0 aliphatic carbocycles. The van der Waals surface area contributed by atoms with Crippen LogP contribution >= 0.6 is 12.4 Å². The lowest BCUT2D eigenvalue weighted by Crippen LogP contribution is -2.30. The number of carbonyl (C=O) groups is 1. The summed E-state index contributed by atoms with van der Waals surface area (Å²) in [5, 5.41) is 3.45. The molecule has 1 aromatic carbocycles. The maximum absolute atomic E-state index is 11.9. The van der Waals surface area contributed by atoms with E-state index in [0.717, 1.165) is 19.5 Å². The normalized spacial score (nSPS) is 17.6. The molecule has 6 heteroatoms. The summed E-state index contributed by atoms with van der Waals surface area (Å²) in [5.41, 5.74) is 3.96. The number of amides is 1. The topological polar surface area (TPSA) is 44.8 Å². The molecule has 21 heavy (non-hydrogen) atoms. The molecule has 1 amide bonds. The number of para-hydroxylation sites is 1. The second kappa shape index (κ2) is 7.11. The van der Waals surface area contributed by atoms with Crippen LogP contribution in [0.5, 0.6) is 0 Å². The smallest absolute Gasteiger partial charge is 0.237 e. The van der Waals surface area contributed by atoms with Crippen molar-refractivity contribution < 1.29 is 9.53 Å². The second-order valence-corrected chi connectivity index (χ2v) is 5.41. The van der Waals surface area contributed by atoms with Crippen LogP contribution < -0.4 is 5.32 Å². The molecule has 1 saturated heterocycles. The van der Waals surface area contributed by atoms with Crippen molar-refractivity contribution in [3.8, 4) is 0 Å². The Morgan fingerprint density at radius 2 is 2.24 bits per heavy atom. The van der Waals surface area contributed by atoms with Crippen LogP contribution in [0.15, 0.2) is 18.2 Å². The van der Waals surface area contributed by atoms with Crippen molar-refractivity contribution in [2.24, 2.45) is 0 Å². The molecule has 0 spiro atoms. The minimum absolute atomic E-state index is 0. The molecule has 1 fully saturated rings. The summed E-state index contributed by atoms with van der Waals surface area (Å²) >= 11 is 0. The highest BCUT2D eigenvalue weighted by molar-refractivity contribution is 5.85. The van der Waals surface area contributed by atoms with Crippen LogP contribution in [-0.2, 0) is 22.5 Å². The van der Waals surface area contributed by atoms with Gasteiger partial charge in [0.25, 0.3) is 0 Å². The summed E-state index contributed by atoms with van der Waals surface area (Å²) in [6, 6.07) is 6.44. The average molecular weight is 312 g/mol. The van der Waals surface area contributed by atoms with E-state index >= 15 is 0 Å². The summed E-state index contributed by atoms with van der Waals surface area (Å²) in [4.78, 5) is 16.0. The van der Waals surface area contributed by atoms with Gasteiger partial charge in [0.05, 0.1) is 19.8 Å². The molecule has 0 atom stereocenters. The number of carbonyl (C=O) groups excluding carboxylic acids is 1. The van der Waals surface area contributed by atoms with Gasteiger partial charge in [-0.3, -0.25) is 9.69 Å². The van der Waals surface area contributed by atoms with Gasteiger partial charge in [-0.25, -0.2) is 0 Å². The monoisotopic (exact) mass is 311 g/mol. The molecule has 0 unspecified atom stereocenters. The first-order chi connectivity index (χ1) is 9.78. The molecule has 5 nitrogen and oxygen atoms in total. The number of benzene rings is 1. The first-order valence-electron chi connectivity index (χ1n) is 7.11. The van der Waals surface area contributed by atoms with Crippen molar-refractivity contribution in [3.63, 3.8) is 0 Å². The van der Waals surface area contributed by atoms with Crippen molar-refractivity contribution >= 4 is 24.0 Å². The molecule has 0 aromatic heterocycles. The summed E-state index contributed by atoms with van der Waals surface area (Å²) < 4.78 is 5.04. The zero-order chi connectivity index (χ0) is 13.9. The number of ether oxygens (including phenoxy) is 1. The van der Waals surface area contributed by atoms with Crippen LogP contribution in [-0.4, -0.2) is 55.7 Å². The van der Waals surface area contributed by atoms with Gasteiger partial charge in [-0.05, 0) is 17.5 Å². The first-order valence-corrected chi connectivity index (χ1v) is 7.11. The summed E-state index contributed by atoms with van der Waals surface area (Å²) in [6.45, 7) is 4.33. The van der Waals surface area contributed by atoms with Gasteiger partial charge in [0.15, 0.2) is 0 Å². The predicted octanol–water partition coefficient (Wildman–Crippen LogP) is 1.32. The van der Waals surface area contributed by atoms with Crippen LogP contribution in [0, 0.1) is 0 Å². The van der Waals surface area contributed by atoms with E-state index in [-0.39, 0.29) is 18.3 Å². The third kappa shape index (κ3) is 3.48. The van der Waals surface area contributed by atoms with Gasteiger partial charge in [-0.15, -0.1) is 12.4 Å². The van der Waals surface area contributed by atoms with Crippen molar-refractivity contribution in [2.75, 3.05) is 45.3 Å². The number of anilines is 1. The van der Waals surface area contributed by atoms with Gasteiger partial charge in [0, 0.05) is 32.4 Å². The SMILES string of the molecule is COCCN1CN(Cc2cccc3c2NCC3)CC1=O.Cl. The fraction of sp³-hybridized carbons (Fsp3) is 0.533. The van der Waals surface area contributed by atoms with E-state index in [1.54, 1.807) is 7.11 Å². The van der Waals surface area contributed by atoms with Crippen molar-refractivity contribution in [1.82, 2.24) is 9.80 Å². The minimum atomic E-state index is 0. The van der Waals surface area contributed by atoms with E-state index in [0.29, 0.717) is 26.4 Å². The van der Waals surface area contributed by atoms with E-state index in [4.69, 9.17) is 4.74 Å². The molecule has 0 bridgehead atoms. The Bertz CT molecular complexity index is 510.